The van der Waals surface area contributed by atoms with Crippen molar-refractivity contribution in [2.24, 2.45) is 0 Å². The zero-order valence-corrected chi connectivity index (χ0v) is 74.2. The first-order valence-corrected chi connectivity index (χ1v) is 45.3. The standard InChI is InChI=1S/C30H29N5O3.C26H25N3O3.C24H23N3O3S.C24H23N3O3/c1-34(2)28-10-8-20(16-32-28)25-9-7-19(15-31-25)13-21-14-24-29(23-6-4-3-5-22(21)23)33-18-35(30(24)37)26-11-12-38-17-27(26)36;1-16(2)22-12-17(7-9-27-22)11-18-13-21-25(20-6-4-3-5-19(18)20)28-15-29(26(21)31)23-8-10-32-14-24(23)30;1-31-23-15(5-4-9-25-23)11-16-12-19-22(18-7-3-2-6-17(16)18)26-14-27(24(19)29)20-8-10-30-13-21(20)28;1-15-16(5-4-9-25-15)11-17-12-20-23(19-7-3-2-6-18(17)19)26-14-27(24(20)29)21-8-10-30-13-22(21)28/h3-10,14-16,18,26-27,36H,11-13,17H2,1-2H3;3-7,9,12-13,15,23-24,30H,1,8,10-11,14H2,2H3;2-7,9,12,14,20-21,28H,8,10-11,13H2,1H3;2-7,9,12,14,21-22,28H,8,10-11,13H2,1H3/t26-,27-;23-,24-;20-,21-;21-,22-/m0000/s1. The van der Waals surface area contributed by atoms with Gasteiger partial charge in [0.15, 0.2) is 0 Å². The summed E-state index contributed by atoms with van der Waals surface area (Å²) >= 11 is 1.62. The Bertz CT molecular complexity index is 7420. The van der Waals surface area contributed by atoms with Gasteiger partial charge in [-0.15, -0.1) is 11.8 Å². The lowest BCUT2D eigenvalue weighted by Gasteiger charge is -2.29. The van der Waals surface area contributed by atoms with E-state index in [1.807, 2.05) is 191 Å². The van der Waals surface area contributed by atoms with E-state index in [0.717, 1.165) is 127 Å². The number of nitrogens with zero attached hydrogens (tertiary/aromatic N) is 14. The molecule has 4 aliphatic heterocycles. The largest absolute Gasteiger partial charge is 0.389 e. The van der Waals surface area contributed by atoms with Gasteiger partial charge in [-0.2, -0.15) is 0 Å². The van der Waals surface area contributed by atoms with Crippen LogP contribution in [0.5, 0.6) is 0 Å². The van der Waals surface area contributed by atoms with E-state index in [1.54, 1.807) is 73.9 Å². The van der Waals surface area contributed by atoms with Crippen LogP contribution in [0.1, 0.15) is 113 Å². The molecule has 8 atom stereocenters. The molecule has 13 heterocycles. The van der Waals surface area contributed by atoms with Gasteiger partial charge in [0.1, 0.15) is 5.82 Å². The quantitative estimate of drug-likeness (QED) is 0.0516. The van der Waals surface area contributed by atoms with E-state index in [0.29, 0.717) is 121 Å². The van der Waals surface area contributed by atoms with Gasteiger partial charge in [0.05, 0.1) is 160 Å². The predicted molar refractivity (Wildman–Crippen MR) is 513 cm³/mol. The maximum Gasteiger partial charge on any atom is 0.261 e. The zero-order valence-electron chi connectivity index (χ0n) is 73.4. The van der Waals surface area contributed by atoms with E-state index in [2.05, 4.69) is 88.9 Å². The number of rotatable bonds is 16. The van der Waals surface area contributed by atoms with Gasteiger partial charge >= 0.3 is 0 Å². The maximum absolute atomic E-state index is 13.6. The number of aliphatic hydroxyl groups excluding tert-OH is 4. The molecule has 131 heavy (non-hydrogen) atoms. The van der Waals surface area contributed by atoms with Gasteiger partial charge in [0, 0.05) is 111 Å². The molecule has 0 spiro atoms. The molecule has 4 N–H and O–H groups in total. The summed E-state index contributed by atoms with van der Waals surface area (Å²) in [6, 6.07) is 58.9. The SMILES string of the molecule is C=C(C)c1cc(Cc2cc3c(=O)n([C@H]4CCOC[C@@H]4O)cnc3c3ccccc23)ccn1.CN(C)c1ccc(-c2ccc(Cc3cc4c(=O)n([C@H]5CCOC[C@@H]5O)cnc4c4ccccc34)cn2)cn1.CSc1ncccc1Cc1cc2c(=O)n([C@H]3CCOC[C@@H]3O)cnc2c2ccccc12.Cc1ncccc1Cc1cc2c(=O)n([C@H]3CCOC[C@@H]3O)cnc2c2ccccc12. The summed E-state index contributed by atoms with van der Waals surface area (Å²) < 4.78 is 27.6. The maximum atomic E-state index is 13.6. The molecule has 17 aromatic rings. The second-order valence-corrected chi connectivity index (χ2v) is 34.8. The number of aliphatic hydroxyl groups is 4. The average molecular weight is 1770 g/mol. The van der Waals surface area contributed by atoms with E-state index in [4.69, 9.17) is 23.9 Å². The molecule has 27 heteroatoms. The molecule has 4 fully saturated rings. The Morgan fingerprint density at radius 1 is 0.389 bits per heavy atom. The number of hydrogen-bond acceptors (Lipinski definition) is 23. The van der Waals surface area contributed by atoms with Gasteiger partial charge in [-0.25, -0.2) is 29.9 Å². The first kappa shape index (κ1) is 88.3. The third-order valence-electron chi connectivity index (χ3n) is 25.4. The lowest BCUT2D eigenvalue weighted by molar-refractivity contribution is -0.0395. The molecular formula is C104H100N14O12S. The van der Waals surface area contributed by atoms with Crippen LogP contribution in [-0.2, 0) is 44.6 Å². The first-order chi connectivity index (χ1) is 63.8. The highest BCUT2D eigenvalue weighted by molar-refractivity contribution is 7.98. The molecule has 0 saturated carbocycles. The fourth-order valence-corrected chi connectivity index (χ4v) is 19.1. The fourth-order valence-electron chi connectivity index (χ4n) is 18.5. The molecule has 21 rings (SSSR count). The number of fused-ring (bicyclic) bond motifs is 12. The highest BCUT2D eigenvalue weighted by atomic mass is 32.2. The van der Waals surface area contributed by atoms with Gasteiger partial charge in [-0.05, 0) is 203 Å². The summed E-state index contributed by atoms with van der Waals surface area (Å²) in [7, 11) is 3.93. The Kier molecular flexibility index (Phi) is 26.4. The minimum atomic E-state index is -0.737. The molecule has 8 aromatic carbocycles. The number of allylic oxidation sites excluding steroid dienone is 1. The van der Waals surface area contributed by atoms with Crippen molar-refractivity contribution in [3.8, 4) is 11.3 Å². The normalized spacial score (nSPS) is 18.7. The van der Waals surface area contributed by atoms with Crippen molar-refractivity contribution >= 4 is 110 Å². The van der Waals surface area contributed by atoms with Crippen LogP contribution in [0.4, 0.5) is 5.82 Å². The minimum Gasteiger partial charge on any atom is -0.389 e. The first-order valence-electron chi connectivity index (χ1n) is 44.1. The van der Waals surface area contributed by atoms with Crippen LogP contribution < -0.4 is 27.1 Å². The van der Waals surface area contributed by atoms with E-state index in [1.165, 1.54) is 0 Å². The van der Waals surface area contributed by atoms with Gasteiger partial charge < -0.3 is 44.3 Å². The molecule has 0 aliphatic carbocycles. The molecule has 4 saturated heterocycles. The Morgan fingerprint density at radius 2 is 0.771 bits per heavy atom. The van der Waals surface area contributed by atoms with Crippen LogP contribution in [0.2, 0.25) is 0 Å². The predicted octanol–water partition coefficient (Wildman–Crippen LogP) is 14.6. The third kappa shape index (κ3) is 18.4. The van der Waals surface area contributed by atoms with Gasteiger partial charge in [-0.1, -0.05) is 122 Å². The Balaban J connectivity index is 0.000000118. The van der Waals surface area contributed by atoms with Crippen LogP contribution in [0.25, 0.3) is 104 Å². The Morgan fingerprint density at radius 3 is 1.13 bits per heavy atom. The molecule has 0 amide bonds. The lowest BCUT2D eigenvalue weighted by Crippen LogP contribution is -2.39. The van der Waals surface area contributed by atoms with Gasteiger partial charge in [0.25, 0.3) is 22.2 Å². The fraction of sp³-hybridized carbons (Fsp3) is 0.279. The number of thioether (sulfide) groups is 1. The number of pyridine rings is 5. The second-order valence-electron chi connectivity index (χ2n) is 34.0. The number of anilines is 1. The molecule has 4 aliphatic rings. The van der Waals surface area contributed by atoms with Crippen molar-refractivity contribution in [3.63, 3.8) is 0 Å². The van der Waals surface area contributed by atoms with E-state index < -0.39 is 24.4 Å². The molecule has 0 radical (unpaired) electrons. The molecule has 26 nitrogen and oxygen atoms in total. The second kappa shape index (κ2) is 39.2. The zero-order chi connectivity index (χ0) is 90.5. The summed E-state index contributed by atoms with van der Waals surface area (Å²) in [5.41, 5.74) is 15.4. The number of hydrogen-bond donors (Lipinski definition) is 4. The van der Waals surface area contributed by atoms with E-state index in [-0.39, 0.29) is 72.8 Å². The van der Waals surface area contributed by atoms with Gasteiger partial charge in [0.2, 0.25) is 0 Å². The lowest BCUT2D eigenvalue weighted by atomic mass is 9.95. The highest BCUT2D eigenvalue weighted by Gasteiger charge is 2.32. The van der Waals surface area contributed by atoms with Crippen LogP contribution in [0, 0.1) is 6.92 Å². The Hall–Kier alpha value is -13.3. The minimum absolute atomic E-state index is 0.124. The molecule has 0 unspecified atom stereocenters. The van der Waals surface area contributed by atoms with Crippen molar-refractivity contribution in [1.82, 2.24) is 63.1 Å². The van der Waals surface area contributed by atoms with Crippen LogP contribution in [0.15, 0.2) is 269 Å². The van der Waals surface area contributed by atoms with Crippen LogP contribution in [0.3, 0.4) is 0 Å². The average Bonchev–Trinajstić information content (AvgIpc) is 0.764. The highest BCUT2D eigenvalue weighted by Crippen LogP contribution is 2.37. The molecular weight excluding hydrogens is 1670 g/mol. The van der Waals surface area contributed by atoms with E-state index >= 15 is 0 Å². The van der Waals surface area contributed by atoms with E-state index in [9.17, 15) is 39.6 Å². The van der Waals surface area contributed by atoms with Crippen molar-refractivity contribution in [2.75, 3.05) is 78.1 Å². The van der Waals surface area contributed by atoms with Gasteiger partial charge in [-0.3, -0.25) is 52.4 Å². The smallest absolute Gasteiger partial charge is 0.261 e. The topological polar surface area (TPSA) is 325 Å². The van der Waals surface area contributed by atoms with Crippen molar-refractivity contribution in [1.29, 1.82) is 0 Å². The number of ether oxygens (including phenoxy) is 4. The van der Waals surface area contributed by atoms with Crippen LogP contribution >= 0.6 is 11.8 Å². The molecule has 9 aromatic heterocycles. The molecule has 664 valence electrons. The van der Waals surface area contributed by atoms with Crippen molar-refractivity contribution < 1.29 is 39.4 Å². The van der Waals surface area contributed by atoms with Crippen molar-refractivity contribution in [2.45, 2.75) is 119 Å². The summed E-state index contributed by atoms with van der Waals surface area (Å²) in [5.74, 6) is 0.897. The number of aryl methyl sites for hydroxylation is 1. The summed E-state index contributed by atoms with van der Waals surface area (Å²) in [5, 5.41) is 52.9. The number of aromatic nitrogens is 13. The number of benzene rings is 8. The Labute approximate surface area is 758 Å². The third-order valence-corrected chi connectivity index (χ3v) is 26.2. The summed E-state index contributed by atoms with van der Waals surface area (Å²) in [6.07, 6.45) is 19.5. The molecule has 0 bridgehead atoms. The van der Waals surface area contributed by atoms with Crippen LogP contribution in [-0.4, -0.2) is 181 Å². The summed E-state index contributed by atoms with van der Waals surface area (Å²) in [6.45, 7) is 10.9. The van der Waals surface area contributed by atoms with Crippen molar-refractivity contribution in [3.05, 3.63) is 342 Å². The monoisotopic (exact) mass is 1770 g/mol. The summed E-state index contributed by atoms with van der Waals surface area (Å²) in [4.78, 5) is 97.1.